The molecule has 2 heterocycles. The Bertz CT molecular complexity index is 923. The van der Waals surface area contributed by atoms with Gasteiger partial charge < -0.3 is 14.6 Å². The summed E-state index contributed by atoms with van der Waals surface area (Å²) in [6.07, 6.45) is -2.20. The summed E-state index contributed by atoms with van der Waals surface area (Å²) in [6, 6.07) is 8.31. The molecule has 7 nitrogen and oxygen atoms in total. The highest BCUT2D eigenvalue weighted by Gasteiger charge is 2.38. The number of carbonyl (C=O) groups excluding carboxylic acids is 1. The van der Waals surface area contributed by atoms with Crippen molar-refractivity contribution in [2.24, 2.45) is 0 Å². The average molecular weight is 454 g/mol. The molecule has 1 aliphatic heterocycles. The molecule has 0 spiro atoms. The largest absolute Gasteiger partial charge is 0.490 e. The number of benzene rings is 1. The lowest BCUT2D eigenvalue weighted by Gasteiger charge is -2.23. The Morgan fingerprint density at radius 3 is 2.31 bits per heavy atom. The van der Waals surface area contributed by atoms with Gasteiger partial charge in [0, 0.05) is 31.2 Å². The van der Waals surface area contributed by atoms with Crippen LogP contribution in [0.5, 0.6) is 0 Å². The summed E-state index contributed by atoms with van der Waals surface area (Å²) in [5, 5.41) is 7.12. The Morgan fingerprint density at radius 1 is 1.19 bits per heavy atom. The van der Waals surface area contributed by atoms with Crippen molar-refractivity contribution < 1.29 is 27.9 Å². The van der Waals surface area contributed by atoms with E-state index in [1.807, 2.05) is 42.4 Å². The number of rotatable bonds is 4. The number of nitrogens with zero attached hydrogens (tertiary/aromatic N) is 4. The minimum atomic E-state index is -5.08. The number of amides is 1. The summed E-state index contributed by atoms with van der Waals surface area (Å²) in [4.78, 5) is 30.7. The maximum atomic E-state index is 12.9. The second-order valence-corrected chi connectivity index (χ2v) is 8.09. The third kappa shape index (κ3) is 6.81. The number of carboxylic acid groups (broad SMARTS) is 1. The quantitative estimate of drug-likeness (QED) is 0.762. The monoisotopic (exact) mass is 454 g/mol. The molecule has 1 amide bonds. The number of imidazole rings is 1. The third-order valence-electron chi connectivity index (χ3n) is 5.31. The van der Waals surface area contributed by atoms with E-state index in [4.69, 9.17) is 9.90 Å². The van der Waals surface area contributed by atoms with Gasteiger partial charge in [0.1, 0.15) is 0 Å². The number of hydrogen-bond donors (Lipinski definition) is 1. The van der Waals surface area contributed by atoms with Crippen LogP contribution in [0.4, 0.5) is 13.2 Å². The van der Waals surface area contributed by atoms with Gasteiger partial charge in [0.2, 0.25) is 0 Å². The van der Waals surface area contributed by atoms with Gasteiger partial charge in [-0.2, -0.15) is 13.2 Å². The molecule has 1 N–H and O–H groups in total. The van der Waals surface area contributed by atoms with Crippen LogP contribution < -0.4 is 0 Å². The average Bonchev–Trinajstić information content (AvgIpc) is 2.95. The lowest BCUT2D eigenvalue weighted by atomic mass is 10.1. The van der Waals surface area contributed by atoms with Crippen LogP contribution in [0.3, 0.4) is 0 Å². The van der Waals surface area contributed by atoms with Crippen LogP contribution >= 0.6 is 0 Å². The van der Waals surface area contributed by atoms with E-state index >= 15 is 0 Å². The number of alkyl halides is 3. The van der Waals surface area contributed by atoms with Crippen molar-refractivity contribution in [2.75, 3.05) is 13.6 Å². The maximum Gasteiger partial charge on any atom is 0.490 e. The Hall–Kier alpha value is -2.88. The molecule has 0 bridgehead atoms. The number of carbonyl (C=O) groups is 2. The maximum absolute atomic E-state index is 12.9. The summed E-state index contributed by atoms with van der Waals surface area (Å²) in [6.45, 7) is 9.56. The van der Waals surface area contributed by atoms with Crippen LogP contribution in [0.25, 0.3) is 0 Å². The molecule has 0 fully saturated rings. The van der Waals surface area contributed by atoms with Gasteiger partial charge in [0.05, 0.1) is 24.3 Å². The normalized spacial score (nSPS) is 14.0. The topological polar surface area (TPSA) is 78.7 Å². The number of carboxylic acids is 1. The van der Waals surface area contributed by atoms with Crippen molar-refractivity contribution in [3.63, 3.8) is 0 Å². The van der Waals surface area contributed by atoms with Gasteiger partial charge in [-0.25, -0.2) is 9.78 Å². The Kier molecular flexibility index (Phi) is 8.43. The van der Waals surface area contributed by atoms with E-state index < -0.39 is 12.1 Å². The molecule has 0 saturated heterocycles. The van der Waals surface area contributed by atoms with Gasteiger partial charge in [-0.3, -0.25) is 9.69 Å². The zero-order valence-corrected chi connectivity index (χ0v) is 18.7. The minimum absolute atomic E-state index is 0.109. The van der Waals surface area contributed by atoms with Crippen LogP contribution in [0.15, 0.2) is 30.6 Å². The van der Waals surface area contributed by atoms with Crippen LogP contribution in [0.1, 0.15) is 47.6 Å². The van der Waals surface area contributed by atoms with Crippen molar-refractivity contribution in [1.82, 2.24) is 19.4 Å². The first-order chi connectivity index (χ1) is 14.9. The van der Waals surface area contributed by atoms with Crippen LogP contribution in [0.2, 0.25) is 0 Å². The van der Waals surface area contributed by atoms with Crippen molar-refractivity contribution >= 4 is 11.9 Å². The molecule has 0 saturated carbocycles. The molecule has 0 aliphatic carbocycles. The molecular formula is C22H29F3N4O3. The fourth-order valence-electron chi connectivity index (χ4n) is 3.12. The highest BCUT2D eigenvalue weighted by Crippen LogP contribution is 2.20. The van der Waals surface area contributed by atoms with Crippen LogP contribution in [0, 0.1) is 6.92 Å². The van der Waals surface area contributed by atoms with Crippen LogP contribution in [-0.2, 0) is 24.4 Å². The summed E-state index contributed by atoms with van der Waals surface area (Å²) < 4.78 is 34.0. The van der Waals surface area contributed by atoms with Gasteiger partial charge >= 0.3 is 12.1 Å². The van der Waals surface area contributed by atoms with E-state index in [-0.39, 0.29) is 5.91 Å². The molecule has 1 aromatic carbocycles. The van der Waals surface area contributed by atoms with E-state index in [9.17, 15) is 18.0 Å². The fraction of sp³-hybridized carbons (Fsp3) is 0.500. The van der Waals surface area contributed by atoms with Crippen molar-refractivity contribution in [1.29, 1.82) is 0 Å². The first kappa shape index (κ1) is 25.4. The van der Waals surface area contributed by atoms with Crippen molar-refractivity contribution in [2.45, 2.75) is 59.0 Å². The summed E-state index contributed by atoms with van der Waals surface area (Å²) >= 11 is 0. The molecule has 0 radical (unpaired) electrons. The minimum Gasteiger partial charge on any atom is -0.475 e. The fourth-order valence-corrected chi connectivity index (χ4v) is 3.12. The Labute approximate surface area is 185 Å². The van der Waals surface area contributed by atoms with Crippen LogP contribution in [-0.4, -0.2) is 62.1 Å². The van der Waals surface area contributed by atoms with E-state index in [1.165, 1.54) is 11.3 Å². The summed E-state index contributed by atoms with van der Waals surface area (Å²) in [7, 11) is 2.11. The number of aliphatic carboxylic acids is 1. The highest BCUT2D eigenvalue weighted by atomic mass is 19.4. The second kappa shape index (κ2) is 10.6. The van der Waals surface area contributed by atoms with E-state index in [1.54, 1.807) is 0 Å². The Morgan fingerprint density at radius 2 is 1.78 bits per heavy atom. The Balaban J connectivity index is 0.000000451. The molecule has 1 aromatic heterocycles. The number of aromatic nitrogens is 2. The van der Waals surface area contributed by atoms with Gasteiger partial charge in [0.15, 0.2) is 0 Å². The van der Waals surface area contributed by atoms with Gasteiger partial charge in [-0.05, 0) is 46.4 Å². The highest BCUT2D eigenvalue weighted by molar-refractivity contribution is 5.94. The predicted octanol–water partition coefficient (Wildman–Crippen LogP) is 3.71. The molecular weight excluding hydrogens is 425 g/mol. The van der Waals surface area contributed by atoms with Crippen molar-refractivity contribution in [3.8, 4) is 0 Å². The zero-order chi connectivity index (χ0) is 24.1. The lowest BCUT2D eigenvalue weighted by molar-refractivity contribution is -0.192. The molecule has 0 atom stereocenters. The number of fused-ring (bicyclic) bond motifs is 1. The smallest absolute Gasteiger partial charge is 0.475 e. The van der Waals surface area contributed by atoms with Gasteiger partial charge in [-0.15, -0.1) is 0 Å². The van der Waals surface area contributed by atoms with E-state index in [0.717, 1.165) is 37.3 Å². The number of hydrogen-bond acceptors (Lipinski definition) is 4. The first-order valence-electron chi connectivity index (χ1n) is 10.3. The molecule has 1 aliphatic rings. The standard InChI is InChI=1S/C20H28N4O.C2HF3O2/c1-15(2)22(4)12-18-19-13-23(10-5-11-24(19)14-21-18)20(25)17-8-6-16(3)7-9-17;3-2(4,5)1(6)7/h6-9,14-15H,5,10-13H2,1-4H3;(H,6,7). The molecule has 176 valence electrons. The summed E-state index contributed by atoms with van der Waals surface area (Å²) in [5.41, 5.74) is 4.19. The molecule has 3 rings (SSSR count). The predicted molar refractivity (Wildman–Crippen MR) is 113 cm³/mol. The molecule has 10 heteroatoms. The molecule has 2 aromatic rings. The second-order valence-electron chi connectivity index (χ2n) is 8.09. The zero-order valence-electron chi connectivity index (χ0n) is 18.7. The van der Waals surface area contributed by atoms with E-state index in [0.29, 0.717) is 12.6 Å². The van der Waals surface area contributed by atoms with Crippen molar-refractivity contribution in [3.05, 3.63) is 53.1 Å². The van der Waals surface area contributed by atoms with Gasteiger partial charge in [0.25, 0.3) is 5.91 Å². The first-order valence-corrected chi connectivity index (χ1v) is 10.3. The third-order valence-corrected chi connectivity index (χ3v) is 5.31. The SMILES string of the molecule is Cc1ccc(C(=O)N2CCCn3cnc(CN(C)C(C)C)c3C2)cc1.O=C(O)C(F)(F)F. The lowest BCUT2D eigenvalue weighted by Crippen LogP contribution is -2.32. The van der Waals surface area contributed by atoms with E-state index in [2.05, 4.69) is 35.3 Å². The molecule has 0 unspecified atom stereocenters. The summed E-state index contributed by atoms with van der Waals surface area (Å²) in [5.74, 6) is -2.65. The molecule has 32 heavy (non-hydrogen) atoms. The number of halogens is 3. The van der Waals surface area contributed by atoms with Gasteiger partial charge in [-0.1, -0.05) is 17.7 Å². The number of aryl methyl sites for hydroxylation is 2.